The first-order chi connectivity index (χ1) is 14.0. The minimum atomic E-state index is -0.516. The third-order valence-electron chi connectivity index (χ3n) is 4.19. The lowest BCUT2D eigenvalue weighted by atomic mass is 10.1. The van der Waals surface area contributed by atoms with Crippen LogP contribution in [0.4, 0.5) is 11.5 Å². The van der Waals surface area contributed by atoms with Gasteiger partial charge in [0.25, 0.3) is 11.6 Å². The Bertz CT molecular complexity index is 1110. The van der Waals surface area contributed by atoms with Crippen molar-refractivity contribution < 1.29 is 14.5 Å². The standard InChI is InChI=1S/C20H17N5O4/c1-29-16-5-2-13(3-6-16)20(26)23-9-8-22-19-10-14(12-21)17-11-15(25(27)28)4-7-18(17)24-19/h2-7,10-11H,8-9H2,1H3,(H,22,24)(H,23,26). The predicted molar refractivity (Wildman–Crippen MR) is 107 cm³/mol. The lowest BCUT2D eigenvalue weighted by molar-refractivity contribution is -0.384. The molecule has 0 radical (unpaired) electrons. The van der Waals surface area contributed by atoms with Crippen molar-refractivity contribution in [2.24, 2.45) is 0 Å². The van der Waals surface area contributed by atoms with E-state index in [9.17, 15) is 20.2 Å². The van der Waals surface area contributed by atoms with Crippen molar-refractivity contribution in [2.45, 2.75) is 0 Å². The van der Waals surface area contributed by atoms with E-state index in [0.29, 0.717) is 41.1 Å². The summed E-state index contributed by atoms with van der Waals surface area (Å²) in [6.07, 6.45) is 0. The number of benzene rings is 2. The van der Waals surface area contributed by atoms with Crippen LogP contribution in [-0.4, -0.2) is 36.0 Å². The summed E-state index contributed by atoms with van der Waals surface area (Å²) in [5.41, 5.74) is 1.17. The highest BCUT2D eigenvalue weighted by Gasteiger charge is 2.12. The number of fused-ring (bicyclic) bond motifs is 1. The Kier molecular flexibility index (Phi) is 5.85. The SMILES string of the molecule is COc1ccc(C(=O)NCCNc2cc(C#N)c3cc([N+](=O)[O-])ccc3n2)cc1. The Morgan fingerprint density at radius 2 is 1.97 bits per heavy atom. The van der Waals surface area contributed by atoms with Gasteiger partial charge in [-0.05, 0) is 36.4 Å². The van der Waals surface area contributed by atoms with Crippen molar-refractivity contribution in [2.75, 3.05) is 25.5 Å². The minimum absolute atomic E-state index is 0.0993. The fourth-order valence-corrected chi connectivity index (χ4v) is 2.72. The van der Waals surface area contributed by atoms with Crippen LogP contribution in [0.2, 0.25) is 0 Å². The summed E-state index contributed by atoms with van der Waals surface area (Å²) in [7, 11) is 1.56. The fourth-order valence-electron chi connectivity index (χ4n) is 2.72. The molecular weight excluding hydrogens is 374 g/mol. The summed E-state index contributed by atoms with van der Waals surface area (Å²) in [6.45, 7) is 0.727. The van der Waals surface area contributed by atoms with E-state index in [1.165, 1.54) is 24.3 Å². The zero-order valence-corrected chi connectivity index (χ0v) is 15.5. The van der Waals surface area contributed by atoms with Crippen LogP contribution in [0.5, 0.6) is 5.75 Å². The molecule has 0 saturated carbocycles. The first-order valence-electron chi connectivity index (χ1n) is 8.67. The Labute approximate surface area is 166 Å². The van der Waals surface area contributed by atoms with Crippen LogP contribution < -0.4 is 15.4 Å². The molecule has 29 heavy (non-hydrogen) atoms. The van der Waals surface area contributed by atoms with Crippen molar-refractivity contribution in [3.05, 3.63) is 69.8 Å². The smallest absolute Gasteiger partial charge is 0.270 e. The highest BCUT2D eigenvalue weighted by Crippen LogP contribution is 2.24. The number of nitrogens with one attached hydrogen (secondary N) is 2. The Balaban J connectivity index is 1.63. The van der Waals surface area contributed by atoms with E-state index in [4.69, 9.17) is 4.74 Å². The number of carbonyl (C=O) groups excluding carboxylic acids is 1. The molecule has 146 valence electrons. The predicted octanol–water partition coefficient (Wildman–Crippen LogP) is 2.87. The van der Waals surface area contributed by atoms with E-state index in [0.717, 1.165) is 0 Å². The van der Waals surface area contributed by atoms with Gasteiger partial charge < -0.3 is 15.4 Å². The molecule has 1 amide bonds. The third kappa shape index (κ3) is 4.56. The zero-order chi connectivity index (χ0) is 20.8. The van der Waals surface area contributed by atoms with Crippen LogP contribution >= 0.6 is 0 Å². The number of nitrogens with zero attached hydrogens (tertiary/aromatic N) is 3. The molecule has 2 N–H and O–H groups in total. The van der Waals surface area contributed by atoms with Gasteiger partial charge in [0, 0.05) is 36.2 Å². The summed E-state index contributed by atoms with van der Waals surface area (Å²) in [6, 6.07) is 14.5. The minimum Gasteiger partial charge on any atom is -0.497 e. The van der Waals surface area contributed by atoms with Crippen molar-refractivity contribution in [1.82, 2.24) is 10.3 Å². The number of amides is 1. The van der Waals surface area contributed by atoms with Gasteiger partial charge in [-0.15, -0.1) is 0 Å². The molecule has 0 aliphatic rings. The highest BCUT2D eigenvalue weighted by atomic mass is 16.6. The van der Waals surface area contributed by atoms with Crippen LogP contribution in [0, 0.1) is 21.4 Å². The van der Waals surface area contributed by atoms with Crippen LogP contribution in [0.25, 0.3) is 10.9 Å². The van der Waals surface area contributed by atoms with Gasteiger partial charge in [0.05, 0.1) is 29.2 Å². The summed E-state index contributed by atoms with van der Waals surface area (Å²) in [5.74, 6) is 0.900. The average Bonchev–Trinajstić information content (AvgIpc) is 2.75. The van der Waals surface area contributed by atoms with Crippen LogP contribution in [0.3, 0.4) is 0 Å². The van der Waals surface area contributed by atoms with Gasteiger partial charge in [0.1, 0.15) is 11.6 Å². The quantitative estimate of drug-likeness (QED) is 0.360. The molecule has 2 aromatic carbocycles. The number of pyridine rings is 1. The number of hydrogen-bond acceptors (Lipinski definition) is 7. The average molecular weight is 391 g/mol. The fraction of sp³-hybridized carbons (Fsp3) is 0.150. The van der Waals surface area contributed by atoms with Crippen molar-refractivity contribution in [3.8, 4) is 11.8 Å². The van der Waals surface area contributed by atoms with E-state index >= 15 is 0 Å². The molecule has 0 fully saturated rings. The molecular formula is C20H17N5O4. The molecule has 0 unspecified atom stereocenters. The maximum absolute atomic E-state index is 12.1. The summed E-state index contributed by atoms with van der Waals surface area (Å²) < 4.78 is 5.06. The Morgan fingerprint density at radius 3 is 2.62 bits per heavy atom. The van der Waals surface area contributed by atoms with Gasteiger partial charge in [0.15, 0.2) is 0 Å². The molecule has 0 spiro atoms. The molecule has 0 atom stereocenters. The second-order valence-corrected chi connectivity index (χ2v) is 6.04. The molecule has 0 bridgehead atoms. The normalized spacial score (nSPS) is 10.2. The van der Waals surface area contributed by atoms with E-state index in [2.05, 4.69) is 15.6 Å². The first-order valence-corrected chi connectivity index (χ1v) is 8.67. The molecule has 9 nitrogen and oxygen atoms in total. The highest BCUT2D eigenvalue weighted by molar-refractivity contribution is 5.94. The number of non-ortho nitro benzene ring substituents is 1. The van der Waals surface area contributed by atoms with Crippen LogP contribution in [0.15, 0.2) is 48.5 Å². The second kappa shape index (κ2) is 8.67. The third-order valence-corrected chi connectivity index (χ3v) is 4.19. The number of nitriles is 1. The molecule has 0 aliphatic heterocycles. The number of methoxy groups -OCH3 is 1. The van der Waals surface area contributed by atoms with Gasteiger partial charge in [-0.2, -0.15) is 5.26 Å². The Morgan fingerprint density at radius 1 is 1.21 bits per heavy atom. The summed E-state index contributed by atoms with van der Waals surface area (Å²) in [4.78, 5) is 26.9. The number of hydrogen-bond donors (Lipinski definition) is 2. The second-order valence-electron chi connectivity index (χ2n) is 6.04. The topological polar surface area (TPSA) is 130 Å². The van der Waals surface area contributed by atoms with E-state index < -0.39 is 4.92 Å². The molecule has 1 aromatic heterocycles. The molecule has 0 aliphatic carbocycles. The number of aromatic nitrogens is 1. The number of anilines is 1. The van der Waals surface area contributed by atoms with Crippen molar-refractivity contribution in [1.29, 1.82) is 5.26 Å². The number of ether oxygens (including phenoxy) is 1. The van der Waals surface area contributed by atoms with Gasteiger partial charge >= 0.3 is 0 Å². The Hall–Kier alpha value is -4.19. The molecule has 9 heteroatoms. The van der Waals surface area contributed by atoms with Gasteiger partial charge in [0.2, 0.25) is 0 Å². The molecule has 1 heterocycles. The van der Waals surface area contributed by atoms with Crippen molar-refractivity contribution in [3.63, 3.8) is 0 Å². The first kappa shape index (κ1) is 19.6. The maximum Gasteiger partial charge on any atom is 0.270 e. The van der Waals surface area contributed by atoms with E-state index in [-0.39, 0.29) is 17.2 Å². The van der Waals surface area contributed by atoms with E-state index in [1.807, 2.05) is 6.07 Å². The van der Waals surface area contributed by atoms with Gasteiger partial charge in [-0.1, -0.05) is 0 Å². The van der Waals surface area contributed by atoms with Gasteiger partial charge in [-0.25, -0.2) is 4.98 Å². The van der Waals surface area contributed by atoms with E-state index in [1.54, 1.807) is 31.4 Å². The zero-order valence-electron chi connectivity index (χ0n) is 15.5. The number of carbonyl (C=O) groups is 1. The summed E-state index contributed by atoms with van der Waals surface area (Å²) in [5, 5.41) is 26.5. The maximum atomic E-state index is 12.1. The number of nitro benzene ring substituents is 1. The number of nitro groups is 1. The number of rotatable bonds is 7. The van der Waals surface area contributed by atoms with Crippen molar-refractivity contribution >= 4 is 28.3 Å². The lowest BCUT2D eigenvalue weighted by Gasteiger charge is -2.09. The molecule has 3 rings (SSSR count). The summed E-state index contributed by atoms with van der Waals surface area (Å²) >= 11 is 0. The van der Waals surface area contributed by atoms with Crippen LogP contribution in [-0.2, 0) is 0 Å². The van der Waals surface area contributed by atoms with Gasteiger partial charge in [-0.3, -0.25) is 14.9 Å². The largest absolute Gasteiger partial charge is 0.497 e. The lowest BCUT2D eigenvalue weighted by Crippen LogP contribution is -2.28. The monoisotopic (exact) mass is 391 g/mol. The van der Waals surface area contributed by atoms with Crippen LogP contribution in [0.1, 0.15) is 15.9 Å². The molecule has 0 saturated heterocycles. The molecule has 3 aromatic rings.